The van der Waals surface area contributed by atoms with Gasteiger partial charge in [0.05, 0.1) is 12.0 Å². The molecule has 0 aromatic carbocycles. The number of nitrogens with one attached hydrogen (secondary N) is 1. The summed E-state index contributed by atoms with van der Waals surface area (Å²) in [7, 11) is 0. The van der Waals surface area contributed by atoms with Crippen LogP contribution in [0.5, 0.6) is 0 Å². The fraction of sp³-hybridized carbons (Fsp3) is 0.538. The van der Waals surface area contributed by atoms with Gasteiger partial charge >= 0.3 is 0 Å². The summed E-state index contributed by atoms with van der Waals surface area (Å²) in [4.78, 5) is 27.0. The monoisotopic (exact) mass is 264 g/mol. The van der Waals surface area contributed by atoms with Gasteiger partial charge in [0.2, 0.25) is 11.8 Å². The summed E-state index contributed by atoms with van der Waals surface area (Å²) in [5.41, 5.74) is 1.27. The number of carbonyl (C=O) groups is 2. The first-order chi connectivity index (χ1) is 8.66. The van der Waals surface area contributed by atoms with Gasteiger partial charge in [0.25, 0.3) is 0 Å². The molecule has 18 heavy (non-hydrogen) atoms. The summed E-state index contributed by atoms with van der Waals surface area (Å²) in [5, 5.41) is 4.83. The van der Waals surface area contributed by atoms with Gasteiger partial charge in [-0.3, -0.25) is 9.59 Å². The Bertz CT molecular complexity index is 497. The molecule has 2 atom stereocenters. The average molecular weight is 264 g/mol. The predicted octanol–water partition coefficient (Wildman–Crippen LogP) is 1.33. The van der Waals surface area contributed by atoms with Gasteiger partial charge in [0.15, 0.2) is 0 Å². The van der Waals surface area contributed by atoms with Gasteiger partial charge in [-0.15, -0.1) is 11.3 Å². The molecule has 3 heterocycles. The van der Waals surface area contributed by atoms with E-state index in [0.29, 0.717) is 13.0 Å². The maximum atomic E-state index is 12.4. The molecule has 5 heteroatoms. The summed E-state index contributed by atoms with van der Waals surface area (Å²) in [5.74, 6) is -0.0490. The Morgan fingerprint density at radius 3 is 3.11 bits per heavy atom. The Hall–Kier alpha value is -1.36. The molecule has 2 amide bonds. The molecule has 1 saturated heterocycles. The lowest BCUT2D eigenvalue weighted by Crippen LogP contribution is -2.42. The fourth-order valence-electron chi connectivity index (χ4n) is 2.82. The summed E-state index contributed by atoms with van der Waals surface area (Å²) in [6.07, 6.45) is 1.29. The van der Waals surface area contributed by atoms with E-state index in [1.807, 2.05) is 4.90 Å². The number of carbonyl (C=O) groups excluding carboxylic acids is 2. The van der Waals surface area contributed by atoms with Gasteiger partial charge < -0.3 is 10.2 Å². The molecule has 0 bridgehead atoms. The van der Waals surface area contributed by atoms with Crippen LogP contribution in [-0.2, 0) is 16.0 Å². The van der Waals surface area contributed by atoms with Gasteiger partial charge in [0.1, 0.15) is 0 Å². The van der Waals surface area contributed by atoms with E-state index in [4.69, 9.17) is 0 Å². The van der Waals surface area contributed by atoms with Crippen molar-refractivity contribution in [2.24, 2.45) is 5.92 Å². The first-order valence-corrected chi connectivity index (χ1v) is 7.18. The highest BCUT2D eigenvalue weighted by atomic mass is 32.1. The largest absolute Gasteiger partial charge is 0.355 e. The Balaban J connectivity index is 1.78. The third-order valence-corrected chi connectivity index (χ3v) is 4.88. The van der Waals surface area contributed by atoms with Crippen LogP contribution in [0.25, 0.3) is 0 Å². The van der Waals surface area contributed by atoms with Gasteiger partial charge in [-0.1, -0.05) is 0 Å². The Labute approximate surface area is 110 Å². The molecule has 2 unspecified atom stereocenters. The van der Waals surface area contributed by atoms with Crippen LogP contribution >= 0.6 is 11.3 Å². The number of nitrogens with zero attached hydrogens (tertiary/aromatic N) is 1. The molecule has 2 aliphatic rings. The second kappa shape index (κ2) is 4.39. The minimum atomic E-state index is -0.167. The maximum absolute atomic E-state index is 12.4. The topological polar surface area (TPSA) is 49.4 Å². The lowest BCUT2D eigenvalue weighted by Gasteiger charge is -2.35. The third-order valence-electron chi connectivity index (χ3n) is 3.89. The van der Waals surface area contributed by atoms with Crippen molar-refractivity contribution in [2.75, 3.05) is 13.1 Å². The number of fused-ring (bicyclic) bond motifs is 1. The highest BCUT2D eigenvalue weighted by Gasteiger charge is 2.35. The van der Waals surface area contributed by atoms with Crippen LogP contribution in [0, 0.1) is 5.92 Å². The minimum absolute atomic E-state index is 0.00534. The van der Waals surface area contributed by atoms with Gasteiger partial charge in [0, 0.05) is 24.4 Å². The molecule has 2 aliphatic heterocycles. The average Bonchev–Trinajstić information content (AvgIpc) is 2.97. The summed E-state index contributed by atoms with van der Waals surface area (Å²) in [6.45, 7) is 3.35. The van der Waals surface area contributed by atoms with Gasteiger partial charge in [-0.05, 0) is 30.4 Å². The Morgan fingerprint density at radius 1 is 1.56 bits per heavy atom. The zero-order chi connectivity index (χ0) is 12.7. The van der Waals surface area contributed by atoms with E-state index in [-0.39, 0.29) is 23.8 Å². The molecular formula is C13H16N2O2S. The molecule has 1 aromatic rings. The molecule has 3 rings (SSSR count). The number of amides is 2. The van der Waals surface area contributed by atoms with Crippen molar-refractivity contribution in [1.29, 1.82) is 0 Å². The van der Waals surface area contributed by atoms with E-state index in [1.165, 1.54) is 10.4 Å². The van der Waals surface area contributed by atoms with Crippen LogP contribution in [0.4, 0.5) is 0 Å². The second-order valence-corrected chi connectivity index (χ2v) is 5.96. The van der Waals surface area contributed by atoms with Gasteiger partial charge in [-0.2, -0.15) is 0 Å². The molecule has 96 valence electrons. The first kappa shape index (κ1) is 11.7. The van der Waals surface area contributed by atoms with Crippen molar-refractivity contribution in [3.8, 4) is 0 Å². The van der Waals surface area contributed by atoms with Crippen LogP contribution < -0.4 is 5.32 Å². The van der Waals surface area contributed by atoms with E-state index in [1.54, 1.807) is 11.3 Å². The molecule has 1 N–H and O–H groups in total. The molecule has 1 fully saturated rings. The second-order valence-electron chi connectivity index (χ2n) is 4.96. The molecule has 1 aromatic heterocycles. The zero-order valence-corrected chi connectivity index (χ0v) is 11.1. The van der Waals surface area contributed by atoms with E-state index in [0.717, 1.165) is 13.0 Å². The predicted molar refractivity (Wildman–Crippen MR) is 69.3 cm³/mol. The van der Waals surface area contributed by atoms with Crippen molar-refractivity contribution in [3.05, 3.63) is 21.9 Å². The summed E-state index contributed by atoms with van der Waals surface area (Å²) < 4.78 is 0. The fourth-order valence-corrected chi connectivity index (χ4v) is 3.79. The van der Waals surface area contributed by atoms with Crippen molar-refractivity contribution in [1.82, 2.24) is 10.2 Å². The minimum Gasteiger partial charge on any atom is -0.355 e. The molecule has 0 radical (unpaired) electrons. The van der Waals surface area contributed by atoms with Crippen LogP contribution in [0.2, 0.25) is 0 Å². The lowest BCUT2D eigenvalue weighted by atomic mass is 9.98. The summed E-state index contributed by atoms with van der Waals surface area (Å²) >= 11 is 1.77. The van der Waals surface area contributed by atoms with Crippen molar-refractivity contribution < 1.29 is 9.59 Å². The molecule has 0 aliphatic carbocycles. The normalized spacial score (nSPS) is 26.9. The van der Waals surface area contributed by atoms with E-state index >= 15 is 0 Å². The quantitative estimate of drug-likeness (QED) is 0.832. The first-order valence-electron chi connectivity index (χ1n) is 6.30. The number of rotatable bonds is 1. The number of thiophene rings is 1. The SMILES string of the molecule is CC1c2ccsc2CCN1C(=O)C1CNC(=O)C1. The van der Waals surface area contributed by atoms with Crippen LogP contribution in [0.1, 0.15) is 29.8 Å². The third kappa shape index (κ3) is 1.82. The van der Waals surface area contributed by atoms with Crippen molar-refractivity contribution in [3.63, 3.8) is 0 Å². The zero-order valence-electron chi connectivity index (χ0n) is 10.3. The Morgan fingerprint density at radius 2 is 2.39 bits per heavy atom. The highest BCUT2D eigenvalue weighted by molar-refractivity contribution is 7.10. The van der Waals surface area contributed by atoms with Gasteiger partial charge in [-0.25, -0.2) is 0 Å². The van der Waals surface area contributed by atoms with Crippen molar-refractivity contribution >= 4 is 23.2 Å². The molecular weight excluding hydrogens is 248 g/mol. The molecule has 4 nitrogen and oxygen atoms in total. The number of hydrogen-bond donors (Lipinski definition) is 1. The smallest absolute Gasteiger partial charge is 0.228 e. The van der Waals surface area contributed by atoms with Crippen LogP contribution in [-0.4, -0.2) is 29.8 Å². The lowest BCUT2D eigenvalue weighted by molar-refractivity contribution is -0.138. The molecule has 0 saturated carbocycles. The van der Waals surface area contributed by atoms with E-state index in [9.17, 15) is 9.59 Å². The Kier molecular flexibility index (Phi) is 2.86. The van der Waals surface area contributed by atoms with E-state index < -0.39 is 0 Å². The van der Waals surface area contributed by atoms with Crippen LogP contribution in [0.15, 0.2) is 11.4 Å². The standard InChI is InChI=1S/C13H16N2O2S/c1-8-10-3-5-18-11(10)2-4-15(8)13(17)9-6-12(16)14-7-9/h3,5,8-9H,2,4,6-7H2,1H3,(H,14,16). The van der Waals surface area contributed by atoms with Crippen molar-refractivity contribution in [2.45, 2.75) is 25.8 Å². The number of hydrogen-bond acceptors (Lipinski definition) is 3. The maximum Gasteiger partial charge on any atom is 0.228 e. The van der Waals surface area contributed by atoms with E-state index in [2.05, 4.69) is 23.7 Å². The highest BCUT2D eigenvalue weighted by Crippen LogP contribution is 2.34. The summed E-state index contributed by atoms with van der Waals surface area (Å²) in [6, 6.07) is 2.26. The van der Waals surface area contributed by atoms with Crippen LogP contribution in [0.3, 0.4) is 0 Å². The molecule has 0 spiro atoms.